The van der Waals surface area contributed by atoms with Crippen LogP contribution in [0.2, 0.25) is 0 Å². The second-order valence-electron chi connectivity index (χ2n) is 5.44. The topological polar surface area (TPSA) is 42.0 Å². The first-order valence-corrected chi connectivity index (χ1v) is 8.01. The zero-order valence-electron chi connectivity index (χ0n) is 11.9. The minimum atomic E-state index is -4.28. The zero-order valence-corrected chi connectivity index (χ0v) is 12.7. The average molecular weight is 320 g/mol. The van der Waals surface area contributed by atoms with Crippen molar-refractivity contribution in [2.75, 3.05) is 6.54 Å². The first kappa shape index (κ1) is 16.3. The Labute approximate surface area is 126 Å². The van der Waals surface area contributed by atoms with E-state index in [2.05, 4.69) is 10.3 Å². The molecule has 0 aliphatic heterocycles. The van der Waals surface area contributed by atoms with Crippen molar-refractivity contribution in [3.8, 4) is 0 Å². The quantitative estimate of drug-likeness (QED) is 0.923. The molecule has 2 rings (SSSR count). The molecule has 0 radical (unpaired) electrons. The van der Waals surface area contributed by atoms with Crippen LogP contribution in [0.15, 0.2) is 5.38 Å². The van der Waals surface area contributed by atoms with Crippen molar-refractivity contribution < 1.29 is 18.0 Å². The summed E-state index contributed by atoms with van der Waals surface area (Å²) in [6, 6.07) is 0. The van der Waals surface area contributed by atoms with E-state index in [1.807, 2.05) is 12.3 Å². The molecular weight excluding hydrogens is 301 g/mol. The third kappa shape index (κ3) is 4.43. The van der Waals surface area contributed by atoms with Gasteiger partial charge in [0.05, 0.1) is 16.6 Å². The fraction of sp³-hybridized carbons (Fsp3) is 0.714. The Morgan fingerprint density at radius 1 is 1.43 bits per heavy atom. The van der Waals surface area contributed by atoms with Crippen LogP contribution in [-0.2, 0) is 11.2 Å². The third-order valence-electron chi connectivity index (χ3n) is 3.87. The molecule has 0 unspecified atom stereocenters. The number of amides is 1. The predicted molar refractivity (Wildman–Crippen MR) is 75.1 cm³/mol. The van der Waals surface area contributed by atoms with E-state index in [1.54, 1.807) is 0 Å². The van der Waals surface area contributed by atoms with E-state index in [1.165, 1.54) is 11.3 Å². The molecule has 7 heteroatoms. The summed E-state index contributed by atoms with van der Waals surface area (Å²) in [7, 11) is 0. The highest BCUT2D eigenvalue weighted by Gasteiger charge is 2.47. The molecule has 21 heavy (non-hydrogen) atoms. The second-order valence-corrected chi connectivity index (χ2v) is 6.50. The summed E-state index contributed by atoms with van der Waals surface area (Å²) in [4.78, 5) is 16.3. The molecule has 0 saturated heterocycles. The molecule has 118 valence electrons. The van der Waals surface area contributed by atoms with Crippen molar-refractivity contribution in [2.45, 2.75) is 45.2 Å². The Morgan fingerprint density at radius 2 is 2.14 bits per heavy atom. The number of aryl methyl sites for hydroxylation is 1. The summed E-state index contributed by atoms with van der Waals surface area (Å²) in [6.07, 6.45) is -2.10. The molecule has 1 N–H and O–H groups in total. The monoisotopic (exact) mass is 320 g/mol. The molecule has 0 aromatic carbocycles. The van der Waals surface area contributed by atoms with Gasteiger partial charge in [0.25, 0.3) is 0 Å². The van der Waals surface area contributed by atoms with Crippen molar-refractivity contribution in [3.63, 3.8) is 0 Å². The lowest BCUT2D eigenvalue weighted by Crippen LogP contribution is -2.43. The lowest BCUT2D eigenvalue weighted by molar-refractivity contribution is -0.198. The van der Waals surface area contributed by atoms with E-state index in [0.29, 0.717) is 32.2 Å². The number of carbonyl (C=O) groups is 1. The van der Waals surface area contributed by atoms with E-state index in [-0.39, 0.29) is 6.42 Å². The molecule has 1 aromatic rings. The molecule has 3 nitrogen and oxygen atoms in total. The minimum absolute atomic E-state index is 0.0624. The molecule has 1 saturated carbocycles. The highest BCUT2D eigenvalue weighted by molar-refractivity contribution is 7.09. The summed E-state index contributed by atoms with van der Waals surface area (Å²) in [5.74, 6) is -2.90. The largest absolute Gasteiger partial charge is 0.392 e. The normalized spacial score (nSPS) is 23.0. The lowest BCUT2D eigenvalue weighted by atomic mass is 9.78. The minimum Gasteiger partial charge on any atom is -0.355 e. The van der Waals surface area contributed by atoms with Crippen molar-refractivity contribution in [2.24, 2.45) is 11.8 Å². The van der Waals surface area contributed by atoms with Crippen LogP contribution in [0.4, 0.5) is 13.2 Å². The fourth-order valence-corrected chi connectivity index (χ4v) is 3.45. The van der Waals surface area contributed by atoms with E-state index < -0.39 is 23.9 Å². The van der Waals surface area contributed by atoms with E-state index in [0.717, 1.165) is 10.7 Å². The Morgan fingerprint density at radius 3 is 2.76 bits per heavy atom. The highest BCUT2D eigenvalue weighted by atomic mass is 32.1. The van der Waals surface area contributed by atoms with Crippen molar-refractivity contribution in [1.82, 2.24) is 10.3 Å². The number of rotatable bonds is 4. The maximum atomic E-state index is 13.0. The predicted octanol–water partition coefficient (Wildman–Crippen LogP) is 3.48. The van der Waals surface area contributed by atoms with Crippen LogP contribution >= 0.6 is 11.3 Å². The molecule has 1 aromatic heterocycles. The Hall–Kier alpha value is -1.11. The first-order chi connectivity index (χ1) is 9.88. The van der Waals surface area contributed by atoms with Gasteiger partial charge < -0.3 is 5.32 Å². The third-order valence-corrected chi connectivity index (χ3v) is 4.69. The number of halogens is 3. The Balaban J connectivity index is 1.86. The van der Waals surface area contributed by atoms with Gasteiger partial charge in [-0.2, -0.15) is 13.2 Å². The Kier molecular flexibility index (Phi) is 5.24. The SMILES string of the molecule is Cc1nc(CCNC(=O)[C@@H]2CCCC[C@H]2C(F)(F)F)cs1. The molecule has 2 atom stereocenters. The maximum Gasteiger partial charge on any atom is 0.392 e. The maximum absolute atomic E-state index is 13.0. The van der Waals surface area contributed by atoms with Crippen molar-refractivity contribution >= 4 is 17.2 Å². The van der Waals surface area contributed by atoms with Crippen molar-refractivity contribution in [1.29, 1.82) is 0 Å². The molecule has 1 aliphatic rings. The van der Waals surface area contributed by atoms with E-state index >= 15 is 0 Å². The van der Waals surface area contributed by atoms with Gasteiger partial charge >= 0.3 is 6.18 Å². The number of thiazole rings is 1. The average Bonchev–Trinajstić information content (AvgIpc) is 2.83. The summed E-state index contributed by atoms with van der Waals surface area (Å²) in [5, 5.41) is 5.49. The summed E-state index contributed by atoms with van der Waals surface area (Å²) < 4.78 is 38.9. The number of nitrogens with zero attached hydrogens (tertiary/aromatic N) is 1. The number of hydrogen-bond donors (Lipinski definition) is 1. The van der Waals surface area contributed by atoms with Gasteiger partial charge in [-0.3, -0.25) is 4.79 Å². The number of hydrogen-bond acceptors (Lipinski definition) is 3. The van der Waals surface area contributed by atoms with Gasteiger partial charge in [0.15, 0.2) is 0 Å². The van der Waals surface area contributed by atoms with Gasteiger partial charge in [0, 0.05) is 24.3 Å². The molecular formula is C14H19F3N2OS. The molecule has 1 aliphatic carbocycles. The van der Waals surface area contributed by atoms with E-state index in [4.69, 9.17) is 0 Å². The lowest BCUT2D eigenvalue weighted by Gasteiger charge is -2.31. The summed E-state index contributed by atoms with van der Waals surface area (Å²) >= 11 is 1.52. The van der Waals surface area contributed by atoms with Crippen molar-refractivity contribution in [3.05, 3.63) is 16.1 Å². The van der Waals surface area contributed by atoms with Crippen LogP contribution in [0.1, 0.15) is 36.4 Å². The highest BCUT2D eigenvalue weighted by Crippen LogP contribution is 2.41. The van der Waals surface area contributed by atoms with Crippen LogP contribution in [0.5, 0.6) is 0 Å². The van der Waals surface area contributed by atoms with Gasteiger partial charge in [0.1, 0.15) is 0 Å². The summed E-state index contributed by atoms with van der Waals surface area (Å²) in [5.41, 5.74) is 0.869. The molecule has 0 bridgehead atoms. The number of aromatic nitrogens is 1. The van der Waals surface area contributed by atoms with Gasteiger partial charge in [-0.25, -0.2) is 4.98 Å². The van der Waals surface area contributed by atoms with Gasteiger partial charge in [-0.1, -0.05) is 12.8 Å². The van der Waals surface area contributed by atoms with Crippen LogP contribution in [0.3, 0.4) is 0 Å². The fourth-order valence-electron chi connectivity index (χ4n) is 2.80. The van der Waals surface area contributed by atoms with Gasteiger partial charge in [0.2, 0.25) is 5.91 Å². The number of alkyl halides is 3. The smallest absolute Gasteiger partial charge is 0.355 e. The Bertz CT molecular complexity index is 487. The standard InChI is InChI=1S/C14H19F3N2OS/c1-9-19-10(8-21-9)6-7-18-13(20)11-4-2-3-5-12(11)14(15,16)17/h8,11-12H,2-7H2,1H3,(H,18,20)/t11-,12-/m1/s1. The molecule has 1 fully saturated rings. The second kappa shape index (κ2) is 6.77. The number of carbonyl (C=O) groups excluding carboxylic acids is 1. The zero-order chi connectivity index (χ0) is 15.5. The van der Waals surface area contributed by atoms with Gasteiger partial charge in [-0.15, -0.1) is 11.3 Å². The summed E-state index contributed by atoms with van der Waals surface area (Å²) in [6.45, 7) is 2.23. The van der Waals surface area contributed by atoms with Crippen LogP contribution in [-0.4, -0.2) is 23.6 Å². The van der Waals surface area contributed by atoms with Crippen LogP contribution < -0.4 is 5.32 Å². The number of nitrogens with one attached hydrogen (secondary N) is 1. The van der Waals surface area contributed by atoms with Crippen LogP contribution in [0.25, 0.3) is 0 Å². The van der Waals surface area contributed by atoms with Crippen LogP contribution in [0, 0.1) is 18.8 Å². The first-order valence-electron chi connectivity index (χ1n) is 7.13. The van der Waals surface area contributed by atoms with E-state index in [9.17, 15) is 18.0 Å². The molecule has 1 amide bonds. The molecule has 0 spiro atoms. The van der Waals surface area contributed by atoms with Gasteiger partial charge in [-0.05, 0) is 19.8 Å². The molecule has 1 heterocycles.